The molecule has 4 nitrogen and oxygen atoms in total. The number of halogens is 2. The lowest BCUT2D eigenvalue weighted by Crippen LogP contribution is -2.39. The molecule has 3 rings (SSSR count). The minimum absolute atomic E-state index is 0.101. The van der Waals surface area contributed by atoms with E-state index in [9.17, 15) is 14.0 Å². The molecule has 0 N–H and O–H groups in total. The maximum Gasteiger partial charge on any atom is 0.315 e. The van der Waals surface area contributed by atoms with Crippen LogP contribution in [0.1, 0.15) is 52.0 Å². The van der Waals surface area contributed by atoms with Gasteiger partial charge in [0.2, 0.25) is 0 Å². The van der Waals surface area contributed by atoms with Crippen LogP contribution in [0.25, 0.3) is 0 Å². The number of carbonyl (C=O) groups is 2. The Labute approximate surface area is 163 Å². The normalized spacial score (nSPS) is 24.4. The average Bonchev–Trinajstić information content (AvgIpc) is 2.54. The minimum Gasteiger partial charge on any atom is -0.465 e. The van der Waals surface area contributed by atoms with Gasteiger partial charge in [-0.05, 0) is 49.4 Å². The van der Waals surface area contributed by atoms with Gasteiger partial charge in [-0.15, -0.1) is 0 Å². The summed E-state index contributed by atoms with van der Waals surface area (Å²) >= 11 is 6.10. The van der Waals surface area contributed by atoms with Gasteiger partial charge in [-0.1, -0.05) is 25.4 Å². The summed E-state index contributed by atoms with van der Waals surface area (Å²) in [4.78, 5) is 30.3. The second-order valence-electron chi connectivity index (χ2n) is 7.93. The predicted molar refractivity (Wildman–Crippen MR) is 102 cm³/mol. The summed E-state index contributed by atoms with van der Waals surface area (Å²) in [5, 5.41) is 0.347. The molecule has 1 aliphatic heterocycles. The molecular formula is C21H23ClFNO3. The molecule has 0 spiro atoms. The first-order valence-corrected chi connectivity index (χ1v) is 9.45. The predicted octanol–water partition coefficient (Wildman–Crippen LogP) is 4.86. The van der Waals surface area contributed by atoms with Crippen LogP contribution < -0.4 is 0 Å². The van der Waals surface area contributed by atoms with Crippen molar-refractivity contribution in [3.05, 3.63) is 45.9 Å². The monoisotopic (exact) mass is 391 g/mol. The first kappa shape index (κ1) is 19.7. The van der Waals surface area contributed by atoms with Gasteiger partial charge in [0.1, 0.15) is 11.7 Å². The number of Topliss-reactive ketones (excluding diaryl/α,β-unsaturated/α-hetero) is 1. The molecule has 0 aromatic heterocycles. The van der Waals surface area contributed by atoms with Crippen molar-refractivity contribution < 1.29 is 18.7 Å². The molecule has 0 bridgehead atoms. The number of hydrogen-bond donors (Lipinski definition) is 0. The van der Waals surface area contributed by atoms with Crippen LogP contribution in [0, 0.1) is 17.2 Å². The van der Waals surface area contributed by atoms with Gasteiger partial charge in [-0.25, -0.2) is 4.39 Å². The largest absolute Gasteiger partial charge is 0.465 e. The number of ether oxygens (including phenoxy) is 1. The van der Waals surface area contributed by atoms with Gasteiger partial charge in [0, 0.05) is 34.3 Å². The standard InChI is InChI=1S/C21H23ClFNO3/c1-5-27-20(26)17-11(2)24-15-9-21(3,4)10-16(25)19(15)18(17)13-8-12(22)6-7-14(13)23/h6-8,17-18H,5,9-10H2,1-4H3/t17?,18-/m0/s1. The summed E-state index contributed by atoms with van der Waals surface area (Å²) in [6.45, 7) is 7.65. The lowest BCUT2D eigenvalue weighted by atomic mass is 9.67. The molecule has 0 fully saturated rings. The first-order chi connectivity index (χ1) is 12.6. The van der Waals surface area contributed by atoms with Crippen LogP contribution in [-0.4, -0.2) is 24.1 Å². The van der Waals surface area contributed by atoms with Crippen molar-refractivity contribution in [3.63, 3.8) is 0 Å². The van der Waals surface area contributed by atoms with Crippen LogP contribution in [0.15, 0.2) is 34.5 Å². The molecule has 1 aliphatic carbocycles. The van der Waals surface area contributed by atoms with E-state index in [1.54, 1.807) is 13.8 Å². The third-order valence-corrected chi connectivity index (χ3v) is 5.37. The van der Waals surface area contributed by atoms with E-state index < -0.39 is 23.6 Å². The van der Waals surface area contributed by atoms with Crippen molar-refractivity contribution in [2.45, 2.75) is 46.5 Å². The van der Waals surface area contributed by atoms with E-state index in [1.807, 2.05) is 13.8 Å². The molecule has 2 aliphatic rings. The SMILES string of the molecule is CCOC(=O)C1C(C)=NC2=C(C(=O)CC(C)(C)C2)[C@H]1c1cc(Cl)ccc1F. The Hall–Kier alpha value is -2.01. The number of hydrogen-bond acceptors (Lipinski definition) is 4. The van der Waals surface area contributed by atoms with Crippen LogP contribution >= 0.6 is 11.6 Å². The fraction of sp³-hybridized carbons (Fsp3) is 0.476. The molecule has 0 radical (unpaired) electrons. The summed E-state index contributed by atoms with van der Waals surface area (Å²) in [5.74, 6) is -2.73. The zero-order valence-corrected chi connectivity index (χ0v) is 16.7. The van der Waals surface area contributed by atoms with Gasteiger partial charge in [-0.3, -0.25) is 14.6 Å². The molecule has 0 saturated carbocycles. The van der Waals surface area contributed by atoms with Gasteiger partial charge in [0.25, 0.3) is 0 Å². The van der Waals surface area contributed by atoms with Crippen LogP contribution in [-0.2, 0) is 14.3 Å². The molecule has 0 amide bonds. The van der Waals surface area contributed by atoms with Crippen LogP contribution in [0.5, 0.6) is 0 Å². The number of rotatable bonds is 3. The fourth-order valence-corrected chi connectivity index (χ4v) is 4.25. The van der Waals surface area contributed by atoms with Crippen molar-refractivity contribution in [3.8, 4) is 0 Å². The highest BCUT2D eigenvalue weighted by Crippen LogP contribution is 2.48. The number of nitrogens with zero attached hydrogens (tertiary/aromatic N) is 1. The van der Waals surface area contributed by atoms with Gasteiger partial charge < -0.3 is 4.74 Å². The second kappa shape index (κ2) is 7.19. The Morgan fingerprint density at radius 2 is 2.07 bits per heavy atom. The zero-order valence-electron chi connectivity index (χ0n) is 15.9. The van der Waals surface area contributed by atoms with Crippen molar-refractivity contribution in [1.82, 2.24) is 0 Å². The maximum absolute atomic E-state index is 14.8. The van der Waals surface area contributed by atoms with E-state index >= 15 is 0 Å². The van der Waals surface area contributed by atoms with Crippen LogP contribution in [0.3, 0.4) is 0 Å². The summed E-state index contributed by atoms with van der Waals surface area (Å²) < 4.78 is 20.0. The topological polar surface area (TPSA) is 55.7 Å². The number of ketones is 1. The van der Waals surface area contributed by atoms with Crippen LogP contribution in [0.2, 0.25) is 5.02 Å². The highest BCUT2D eigenvalue weighted by Gasteiger charge is 2.46. The number of esters is 1. The molecule has 1 heterocycles. The van der Waals surface area contributed by atoms with E-state index in [-0.39, 0.29) is 23.4 Å². The Balaban J connectivity index is 2.23. The molecule has 1 aromatic rings. The molecule has 1 aromatic carbocycles. The summed E-state index contributed by atoms with van der Waals surface area (Å²) in [5.41, 5.74) is 1.59. The van der Waals surface area contributed by atoms with E-state index in [1.165, 1.54) is 18.2 Å². The van der Waals surface area contributed by atoms with Gasteiger partial charge >= 0.3 is 5.97 Å². The smallest absolute Gasteiger partial charge is 0.315 e. The molecule has 144 valence electrons. The second-order valence-corrected chi connectivity index (χ2v) is 8.36. The van der Waals surface area contributed by atoms with E-state index in [0.29, 0.717) is 34.8 Å². The number of carbonyl (C=O) groups excluding carboxylic acids is 2. The van der Waals surface area contributed by atoms with Crippen LogP contribution in [0.4, 0.5) is 4.39 Å². The van der Waals surface area contributed by atoms with Gasteiger partial charge in [0.15, 0.2) is 5.78 Å². The summed E-state index contributed by atoms with van der Waals surface area (Å²) in [7, 11) is 0. The molecule has 2 atom stereocenters. The third-order valence-electron chi connectivity index (χ3n) is 5.14. The maximum atomic E-state index is 14.8. The molecule has 0 saturated heterocycles. The van der Waals surface area contributed by atoms with E-state index in [0.717, 1.165) is 0 Å². The van der Waals surface area contributed by atoms with E-state index in [2.05, 4.69) is 4.99 Å². The summed E-state index contributed by atoms with van der Waals surface area (Å²) in [6, 6.07) is 4.20. The minimum atomic E-state index is -0.846. The van der Waals surface area contributed by atoms with Crippen molar-refractivity contribution in [2.75, 3.05) is 6.61 Å². The Bertz CT molecular complexity index is 872. The molecule has 27 heavy (non-hydrogen) atoms. The van der Waals surface area contributed by atoms with Gasteiger partial charge in [0.05, 0.1) is 6.61 Å². The lowest BCUT2D eigenvalue weighted by Gasteiger charge is -2.39. The van der Waals surface area contributed by atoms with Crippen molar-refractivity contribution >= 4 is 29.1 Å². The first-order valence-electron chi connectivity index (χ1n) is 9.07. The average molecular weight is 392 g/mol. The zero-order chi connectivity index (χ0) is 19.9. The molecule has 1 unspecified atom stereocenters. The fourth-order valence-electron chi connectivity index (χ4n) is 4.07. The van der Waals surface area contributed by atoms with Gasteiger partial charge in [-0.2, -0.15) is 0 Å². The number of allylic oxidation sites excluding steroid dienone is 2. The van der Waals surface area contributed by atoms with Crippen molar-refractivity contribution in [2.24, 2.45) is 16.3 Å². The Morgan fingerprint density at radius 1 is 1.37 bits per heavy atom. The highest BCUT2D eigenvalue weighted by molar-refractivity contribution is 6.30. The summed E-state index contributed by atoms with van der Waals surface area (Å²) in [6.07, 6.45) is 0.925. The molecule has 6 heteroatoms. The quantitative estimate of drug-likeness (QED) is 0.691. The molecular weight excluding hydrogens is 369 g/mol. The highest BCUT2D eigenvalue weighted by atomic mass is 35.5. The lowest BCUT2D eigenvalue weighted by molar-refractivity contribution is -0.146. The Kier molecular flexibility index (Phi) is 5.26. The number of benzene rings is 1. The number of aliphatic imine (C=N–C) groups is 1. The Morgan fingerprint density at radius 3 is 2.74 bits per heavy atom. The van der Waals surface area contributed by atoms with Crippen molar-refractivity contribution in [1.29, 1.82) is 0 Å². The third kappa shape index (κ3) is 3.70. The van der Waals surface area contributed by atoms with E-state index in [4.69, 9.17) is 16.3 Å².